The highest BCUT2D eigenvalue weighted by Crippen LogP contribution is 2.05. The van der Waals surface area contributed by atoms with Crippen LogP contribution in [-0.2, 0) is 13.3 Å². The third-order valence-electron chi connectivity index (χ3n) is 1.18. The standard InChI is InChI=1S/C6H18O3Si2/c1-6(2,3)9-10-11(7-4)8-5/h11H,10H2,1-5H3. The van der Waals surface area contributed by atoms with Crippen molar-refractivity contribution in [1.29, 1.82) is 0 Å². The Bertz CT molecular complexity index is 98.5. The zero-order chi connectivity index (χ0) is 8.91. The summed E-state index contributed by atoms with van der Waals surface area (Å²) in [4.78, 5) is 0. The maximum absolute atomic E-state index is 5.62. The summed E-state index contributed by atoms with van der Waals surface area (Å²) in [6, 6.07) is 0. The van der Waals surface area contributed by atoms with Gasteiger partial charge in [-0.15, -0.1) is 0 Å². The van der Waals surface area contributed by atoms with Crippen molar-refractivity contribution in [3.63, 3.8) is 0 Å². The Morgan fingerprint density at radius 2 is 1.55 bits per heavy atom. The Morgan fingerprint density at radius 3 is 1.82 bits per heavy atom. The largest absolute Gasteiger partial charge is 0.417 e. The van der Waals surface area contributed by atoms with Gasteiger partial charge in [0.2, 0.25) is 9.28 Å². The lowest BCUT2D eigenvalue weighted by Gasteiger charge is -2.21. The van der Waals surface area contributed by atoms with Gasteiger partial charge in [-0.05, 0) is 20.8 Å². The maximum Gasteiger partial charge on any atom is 0.325 e. The molecule has 0 N–H and O–H groups in total. The van der Waals surface area contributed by atoms with Crippen molar-refractivity contribution in [3.8, 4) is 0 Å². The van der Waals surface area contributed by atoms with Crippen LogP contribution in [0.1, 0.15) is 20.8 Å². The first-order valence-corrected chi connectivity index (χ1v) is 8.48. The van der Waals surface area contributed by atoms with E-state index in [1.54, 1.807) is 14.2 Å². The molecule has 0 atom stereocenters. The minimum absolute atomic E-state index is 0.0332. The Hall–Kier alpha value is 0.314. The topological polar surface area (TPSA) is 27.7 Å². The highest BCUT2D eigenvalue weighted by atomic mass is 29.2. The predicted molar refractivity (Wildman–Crippen MR) is 50.5 cm³/mol. The lowest BCUT2D eigenvalue weighted by molar-refractivity contribution is 0.138. The molecule has 0 fully saturated rings. The van der Waals surface area contributed by atoms with E-state index < -0.39 is 18.1 Å². The number of rotatable bonds is 4. The predicted octanol–water partition coefficient (Wildman–Crippen LogP) is -0.105. The first-order valence-electron chi connectivity index (χ1n) is 3.69. The van der Waals surface area contributed by atoms with Gasteiger partial charge in [0.1, 0.15) is 0 Å². The molecule has 0 aromatic heterocycles. The Balaban J connectivity index is 3.51. The summed E-state index contributed by atoms with van der Waals surface area (Å²) >= 11 is 0. The fraction of sp³-hybridized carbons (Fsp3) is 1.00. The number of hydrogen-bond donors (Lipinski definition) is 0. The highest BCUT2D eigenvalue weighted by Gasteiger charge is 2.17. The molecular formula is C6H18O3Si2. The van der Waals surface area contributed by atoms with Crippen molar-refractivity contribution < 1.29 is 13.3 Å². The van der Waals surface area contributed by atoms with Gasteiger partial charge in [-0.2, -0.15) is 0 Å². The molecule has 0 rings (SSSR count). The summed E-state index contributed by atoms with van der Waals surface area (Å²) < 4.78 is 15.9. The fourth-order valence-corrected chi connectivity index (χ4v) is 4.38. The SMILES string of the molecule is CO[SiH](OC)[SiH2]OC(C)(C)C. The monoisotopic (exact) mass is 194 g/mol. The molecule has 0 aromatic rings. The zero-order valence-electron chi connectivity index (χ0n) is 8.01. The lowest BCUT2D eigenvalue weighted by Crippen LogP contribution is -2.35. The molecule has 0 aromatic carbocycles. The van der Waals surface area contributed by atoms with E-state index in [0.29, 0.717) is 0 Å². The van der Waals surface area contributed by atoms with E-state index in [0.717, 1.165) is 0 Å². The molecule has 5 heteroatoms. The molecule has 0 aliphatic carbocycles. The van der Waals surface area contributed by atoms with E-state index in [1.807, 2.05) is 0 Å². The molecule has 0 bridgehead atoms. The molecule has 0 aliphatic heterocycles. The second-order valence-corrected chi connectivity index (χ2v) is 8.75. The molecular weight excluding hydrogens is 176 g/mol. The first-order chi connectivity index (χ1) is 4.99. The van der Waals surface area contributed by atoms with E-state index in [1.165, 1.54) is 0 Å². The van der Waals surface area contributed by atoms with Crippen molar-refractivity contribution >= 4 is 18.1 Å². The van der Waals surface area contributed by atoms with Gasteiger partial charge in [0.25, 0.3) is 0 Å². The van der Waals surface area contributed by atoms with Gasteiger partial charge in [0.05, 0.1) is 0 Å². The second-order valence-electron chi connectivity index (χ2n) is 3.32. The fourth-order valence-electron chi connectivity index (χ4n) is 0.550. The van der Waals surface area contributed by atoms with Crippen molar-refractivity contribution in [2.24, 2.45) is 0 Å². The second kappa shape index (κ2) is 5.05. The normalized spacial score (nSPS) is 13.6. The van der Waals surface area contributed by atoms with Crippen LogP contribution < -0.4 is 0 Å². The Labute approximate surface area is 72.6 Å². The Kier molecular flexibility index (Phi) is 5.19. The van der Waals surface area contributed by atoms with E-state index in [2.05, 4.69) is 20.8 Å². The maximum atomic E-state index is 5.62. The van der Waals surface area contributed by atoms with Gasteiger partial charge in [-0.1, -0.05) is 0 Å². The molecule has 0 spiro atoms. The molecule has 0 heterocycles. The van der Waals surface area contributed by atoms with Crippen LogP contribution in [0.4, 0.5) is 0 Å². The van der Waals surface area contributed by atoms with Gasteiger partial charge in [-0.25, -0.2) is 0 Å². The van der Waals surface area contributed by atoms with Gasteiger partial charge in [0, 0.05) is 19.8 Å². The van der Waals surface area contributed by atoms with Crippen LogP contribution in [-0.4, -0.2) is 37.9 Å². The van der Waals surface area contributed by atoms with E-state index in [-0.39, 0.29) is 5.60 Å². The average Bonchev–Trinajstić information content (AvgIpc) is 1.88. The molecule has 11 heavy (non-hydrogen) atoms. The van der Waals surface area contributed by atoms with Crippen LogP contribution in [0.5, 0.6) is 0 Å². The molecule has 68 valence electrons. The lowest BCUT2D eigenvalue weighted by atomic mass is 10.2. The van der Waals surface area contributed by atoms with Crippen molar-refractivity contribution in [1.82, 2.24) is 0 Å². The van der Waals surface area contributed by atoms with Crippen molar-refractivity contribution in [2.45, 2.75) is 26.4 Å². The molecule has 0 radical (unpaired) electrons. The highest BCUT2D eigenvalue weighted by molar-refractivity contribution is 7.02. The Morgan fingerprint density at radius 1 is 1.09 bits per heavy atom. The summed E-state index contributed by atoms with van der Waals surface area (Å²) in [5.74, 6) is 0. The quantitative estimate of drug-likeness (QED) is 0.585. The number of hydrogen-bond acceptors (Lipinski definition) is 3. The van der Waals surface area contributed by atoms with Crippen LogP contribution in [0.2, 0.25) is 0 Å². The third-order valence-corrected chi connectivity index (χ3v) is 6.85. The van der Waals surface area contributed by atoms with E-state index >= 15 is 0 Å². The molecule has 0 unspecified atom stereocenters. The van der Waals surface area contributed by atoms with Gasteiger partial charge in [0.15, 0.2) is 0 Å². The van der Waals surface area contributed by atoms with Gasteiger partial charge in [-0.3, -0.25) is 0 Å². The zero-order valence-corrected chi connectivity index (χ0v) is 10.6. The molecule has 3 nitrogen and oxygen atoms in total. The summed E-state index contributed by atoms with van der Waals surface area (Å²) in [5.41, 5.74) is -0.0332. The average molecular weight is 194 g/mol. The molecule has 0 amide bonds. The van der Waals surface area contributed by atoms with Crippen LogP contribution >= 0.6 is 0 Å². The summed E-state index contributed by atoms with van der Waals surface area (Å²) in [5, 5.41) is 0. The first kappa shape index (κ1) is 11.3. The molecule has 0 saturated heterocycles. The van der Waals surface area contributed by atoms with Gasteiger partial charge < -0.3 is 13.3 Å². The summed E-state index contributed by atoms with van der Waals surface area (Å²) in [7, 11) is 1.43. The van der Waals surface area contributed by atoms with Gasteiger partial charge >= 0.3 is 8.80 Å². The molecule has 0 saturated carbocycles. The summed E-state index contributed by atoms with van der Waals surface area (Å²) in [6.45, 7) is 6.16. The van der Waals surface area contributed by atoms with E-state index in [4.69, 9.17) is 13.3 Å². The smallest absolute Gasteiger partial charge is 0.325 e. The van der Waals surface area contributed by atoms with Crippen molar-refractivity contribution in [3.05, 3.63) is 0 Å². The molecule has 0 aliphatic rings. The van der Waals surface area contributed by atoms with Crippen LogP contribution in [0.15, 0.2) is 0 Å². The van der Waals surface area contributed by atoms with Crippen LogP contribution in [0.3, 0.4) is 0 Å². The minimum atomic E-state index is -1.38. The minimum Gasteiger partial charge on any atom is -0.417 e. The summed E-state index contributed by atoms with van der Waals surface area (Å²) in [6.07, 6.45) is 0. The van der Waals surface area contributed by atoms with Crippen LogP contribution in [0.25, 0.3) is 0 Å². The van der Waals surface area contributed by atoms with Crippen molar-refractivity contribution in [2.75, 3.05) is 14.2 Å². The van der Waals surface area contributed by atoms with E-state index in [9.17, 15) is 0 Å². The third kappa shape index (κ3) is 6.70. The van der Waals surface area contributed by atoms with Crippen LogP contribution in [0, 0.1) is 0 Å².